The molecule has 0 aliphatic rings. The highest BCUT2D eigenvalue weighted by molar-refractivity contribution is 9.10. The fourth-order valence-electron chi connectivity index (χ4n) is 4.24. The Labute approximate surface area is 241 Å². The van der Waals surface area contributed by atoms with Crippen LogP contribution in [0.3, 0.4) is 0 Å². The molecule has 3 N–H and O–H groups in total. The highest BCUT2D eigenvalue weighted by Gasteiger charge is 2.18. The number of carbonyl (C=O) groups excluding carboxylic acids is 2. The Balaban J connectivity index is 1.38. The van der Waals surface area contributed by atoms with E-state index in [9.17, 15) is 14.4 Å². The zero-order valence-corrected chi connectivity index (χ0v) is 23.1. The number of ether oxygens (including phenoxy) is 2. The van der Waals surface area contributed by atoms with Crippen LogP contribution in [0.15, 0.2) is 94.5 Å². The second-order valence-corrected chi connectivity index (χ2v) is 9.85. The molecular weight excluding hydrogens is 595 g/mol. The summed E-state index contributed by atoms with van der Waals surface area (Å²) in [4.78, 5) is 42.2. The molecule has 2 amide bonds. The molecule has 0 radical (unpaired) electrons. The van der Waals surface area contributed by atoms with Crippen LogP contribution in [-0.4, -0.2) is 28.5 Å². The largest absolute Gasteiger partial charge is 0.496 e. The monoisotopic (exact) mass is 616 g/mol. The van der Waals surface area contributed by atoms with Gasteiger partial charge >= 0.3 is 0 Å². The van der Waals surface area contributed by atoms with Gasteiger partial charge in [-0.2, -0.15) is 0 Å². The van der Waals surface area contributed by atoms with Crippen LogP contribution in [0.4, 0.5) is 10.1 Å². The third-order valence-electron chi connectivity index (χ3n) is 6.19. The van der Waals surface area contributed by atoms with Gasteiger partial charge in [0.25, 0.3) is 17.4 Å². The lowest BCUT2D eigenvalue weighted by Gasteiger charge is -2.13. The molecule has 0 aliphatic carbocycles. The van der Waals surface area contributed by atoms with Gasteiger partial charge in [0.15, 0.2) is 11.6 Å². The Morgan fingerprint density at radius 2 is 1.78 bits per heavy atom. The maximum atomic E-state index is 15.1. The number of nitrogens with zero attached hydrogens (tertiary/aromatic N) is 2. The van der Waals surface area contributed by atoms with Crippen LogP contribution in [0.5, 0.6) is 17.2 Å². The van der Waals surface area contributed by atoms with Crippen LogP contribution in [0, 0.1) is 5.82 Å². The average molecular weight is 617 g/mol. The first kappa shape index (κ1) is 27.5. The summed E-state index contributed by atoms with van der Waals surface area (Å²) in [6.07, 6.45) is 3.07. The van der Waals surface area contributed by atoms with E-state index in [0.29, 0.717) is 15.4 Å². The lowest BCUT2D eigenvalue weighted by molar-refractivity contribution is 0.0994. The average Bonchev–Trinajstić information content (AvgIpc) is 2.96. The van der Waals surface area contributed by atoms with Crippen molar-refractivity contribution in [3.8, 4) is 17.2 Å². The molecule has 0 atom stereocenters. The minimum atomic E-state index is -0.771. The number of carbonyl (C=O) groups is 2. The van der Waals surface area contributed by atoms with Gasteiger partial charge in [-0.3, -0.25) is 19.4 Å². The number of primary amides is 1. The minimum Gasteiger partial charge on any atom is -0.496 e. The second-order valence-electron chi connectivity index (χ2n) is 8.94. The predicted octanol–water partition coefficient (Wildman–Crippen LogP) is 5.50. The maximum Gasteiger partial charge on any atom is 0.263 e. The van der Waals surface area contributed by atoms with Gasteiger partial charge in [-0.1, -0.05) is 30.3 Å². The van der Waals surface area contributed by atoms with Crippen LogP contribution < -0.4 is 26.1 Å². The van der Waals surface area contributed by atoms with Crippen LogP contribution in [-0.2, 0) is 6.54 Å². The fourth-order valence-corrected chi connectivity index (χ4v) is 4.71. The zero-order valence-electron chi connectivity index (χ0n) is 21.6. The highest BCUT2D eigenvalue weighted by Crippen LogP contribution is 2.34. The molecule has 0 bridgehead atoms. The standard InChI is InChI=1S/C30H22BrFN4O5/c1-40-27-14-24-20(13-21(27)28(33)37)25(9-10-34-24)41-26-8-7-19(12-23(26)32)35-29(38)22-11-18(31)16-36(30(22)39)15-17-5-3-2-4-6-17/h2-14,16H,15H2,1H3,(H2,33,37)(H,35,38). The van der Waals surface area contributed by atoms with Crippen LogP contribution in [0.2, 0.25) is 0 Å². The second kappa shape index (κ2) is 11.6. The summed E-state index contributed by atoms with van der Waals surface area (Å²) in [7, 11) is 1.40. The Morgan fingerprint density at radius 1 is 1.00 bits per heavy atom. The number of aromatic nitrogens is 2. The van der Waals surface area contributed by atoms with Crippen molar-refractivity contribution < 1.29 is 23.5 Å². The normalized spacial score (nSPS) is 10.8. The van der Waals surface area contributed by atoms with Crippen molar-refractivity contribution >= 4 is 44.3 Å². The number of rotatable bonds is 8. The number of methoxy groups -OCH3 is 1. The molecule has 0 fully saturated rings. The molecule has 0 saturated carbocycles. The summed E-state index contributed by atoms with van der Waals surface area (Å²) in [5.74, 6) is -1.84. The maximum absolute atomic E-state index is 15.1. The zero-order chi connectivity index (χ0) is 29.1. The Hall–Kier alpha value is -5.03. The highest BCUT2D eigenvalue weighted by atomic mass is 79.9. The molecule has 2 aromatic heterocycles. The number of hydrogen-bond donors (Lipinski definition) is 2. The predicted molar refractivity (Wildman–Crippen MR) is 155 cm³/mol. The number of nitrogens with two attached hydrogens (primary N) is 1. The molecule has 2 heterocycles. The van der Waals surface area contributed by atoms with E-state index in [1.165, 1.54) is 54.3 Å². The number of anilines is 1. The van der Waals surface area contributed by atoms with Crippen LogP contribution in [0.1, 0.15) is 26.3 Å². The number of halogens is 2. The van der Waals surface area contributed by atoms with Crippen LogP contribution in [0.25, 0.3) is 10.9 Å². The summed E-state index contributed by atoms with van der Waals surface area (Å²) in [5.41, 5.74) is 6.44. The van der Waals surface area contributed by atoms with Crippen molar-refractivity contribution in [2.24, 2.45) is 5.73 Å². The van der Waals surface area contributed by atoms with Crippen molar-refractivity contribution in [3.63, 3.8) is 0 Å². The first-order valence-corrected chi connectivity index (χ1v) is 13.0. The summed E-state index contributed by atoms with van der Waals surface area (Å²) >= 11 is 3.35. The van der Waals surface area contributed by atoms with E-state index in [1.54, 1.807) is 6.20 Å². The van der Waals surface area contributed by atoms with Gasteiger partial charge in [0.1, 0.15) is 17.1 Å². The van der Waals surface area contributed by atoms with E-state index < -0.39 is 23.2 Å². The van der Waals surface area contributed by atoms with E-state index in [0.717, 1.165) is 11.6 Å². The molecule has 5 rings (SSSR count). The SMILES string of the molecule is COc1cc2nccc(Oc3ccc(NC(=O)c4cc(Br)cn(Cc5ccccc5)c4=O)cc3F)c2cc1C(N)=O. The van der Waals surface area contributed by atoms with Crippen molar-refractivity contribution in [2.45, 2.75) is 6.54 Å². The summed E-state index contributed by atoms with van der Waals surface area (Å²) in [6, 6.07) is 19.1. The number of hydrogen-bond acceptors (Lipinski definition) is 6. The molecule has 11 heteroatoms. The van der Waals surface area contributed by atoms with Crippen molar-refractivity contribution in [1.29, 1.82) is 0 Å². The summed E-state index contributed by atoms with van der Waals surface area (Å²) in [5, 5.41) is 2.98. The number of benzene rings is 3. The van der Waals surface area contributed by atoms with E-state index in [4.69, 9.17) is 15.2 Å². The van der Waals surface area contributed by atoms with Gasteiger partial charge in [0.2, 0.25) is 0 Å². The fraction of sp³-hybridized carbons (Fsp3) is 0.0667. The van der Waals surface area contributed by atoms with E-state index in [-0.39, 0.29) is 40.6 Å². The van der Waals surface area contributed by atoms with Crippen molar-refractivity contribution in [1.82, 2.24) is 9.55 Å². The lowest BCUT2D eigenvalue weighted by Crippen LogP contribution is -2.29. The number of nitrogens with one attached hydrogen (secondary N) is 1. The van der Waals surface area contributed by atoms with Gasteiger partial charge in [-0.05, 0) is 51.8 Å². The molecule has 206 valence electrons. The summed E-state index contributed by atoms with van der Waals surface area (Å²) in [6.45, 7) is 0.275. The van der Waals surface area contributed by atoms with Gasteiger partial charge in [0.05, 0.1) is 24.7 Å². The molecule has 9 nitrogen and oxygen atoms in total. The van der Waals surface area contributed by atoms with E-state index in [1.807, 2.05) is 30.3 Å². The Kier molecular flexibility index (Phi) is 7.79. The van der Waals surface area contributed by atoms with Gasteiger partial charge in [-0.25, -0.2) is 4.39 Å². The van der Waals surface area contributed by atoms with Crippen LogP contribution >= 0.6 is 15.9 Å². The Morgan fingerprint density at radius 3 is 2.49 bits per heavy atom. The number of fused-ring (bicyclic) bond motifs is 1. The van der Waals surface area contributed by atoms with Crippen molar-refractivity contribution in [2.75, 3.05) is 12.4 Å². The third-order valence-corrected chi connectivity index (χ3v) is 6.62. The summed E-state index contributed by atoms with van der Waals surface area (Å²) < 4.78 is 28.1. The molecular formula is C30H22BrFN4O5. The van der Waals surface area contributed by atoms with E-state index >= 15 is 4.39 Å². The Bertz CT molecular complexity index is 1860. The molecule has 0 aliphatic heterocycles. The topological polar surface area (TPSA) is 126 Å². The van der Waals surface area contributed by atoms with Gasteiger partial charge in [0, 0.05) is 40.1 Å². The third kappa shape index (κ3) is 5.94. The molecule has 3 aromatic carbocycles. The minimum absolute atomic E-state index is 0.111. The molecule has 0 spiro atoms. The first-order valence-electron chi connectivity index (χ1n) is 12.2. The van der Waals surface area contributed by atoms with Gasteiger partial charge in [-0.15, -0.1) is 0 Å². The van der Waals surface area contributed by atoms with E-state index in [2.05, 4.69) is 26.2 Å². The smallest absolute Gasteiger partial charge is 0.263 e. The quantitative estimate of drug-likeness (QED) is 0.237. The number of amides is 2. The molecule has 0 unspecified atom stereocenters. The molecule has 0 saturated heterocycles. The first-order chi connectivity index (χ1) is 19.7. The van der Waals surface area contributed by atoms with Gasteiger partial charge < -0.3 is 25.1 Å². The molecule has 5 aromatic rings. The molecule has 41 heavy (non-hydrogen) atoms. The lowest BCUT2D eigenvalue weighted by atomic mass is 10.1. The number of pyridine rings is 2. The van der Waals surface area contributed by atoms with Crippen molar-refractivity contribution in [3.05, 3.63) is 123 Å².